The fraction of sp³-hybridized carbons (Fsp3) is 0.263. The van der Waals surface area contributed by atoms with Gasteiger partial charge in [-0.1, -0.05) is 12.1 Å². The highest BCUT2D eigenvalue weighted by Crippen LogP contribution is 2.24. The Kier molecular flexibility index (Phi) is 6.67. The van der Waals surface area contributed by atoms with Crippen LogP contribution in [0.3, 0.4) is 0 Å². The van der Waals surface area contributed by atoms with Gasteiger partial charge in [0, 0.05) is 24.7 Å². The van der Waals surface area contributed by atoms with Crippen molar-refractivity contribution in [3.8, 4) is 0 Å². The van der Waals surface area contributed by atoms with E-state index in [9.17, 15) is 18.0 Å². The number of thioether (sulfide) groups is 1. The average molecular weight is 407 g/mol. The van der Waals surface area contributed by atoms with Crippen molar-refractivity contribution in [3.63, 3.8) is 0 Å². The molecule has 6 nitrogen and oxygen atoms in total. The number of carbonyl (C=O) groups excluding carboxylic acids is 2. The van der Waals surface area contributed by atoms with E-state index in [4.69, 9.17) is 0 Å². The molecular weight excluding hydrogens is 384 g/mol. The summed E-state index contributed by atoms with van der Waals surface area (Å²) >= 11 is 1.08. The third kappa shape index (κ3) is 5.11. The lowest BCUT2D eigenvalue weighted by molar-refractivity contribution is 0.102. The summed E-state index contributed by atoms with van der Waals surface area (Å²) in [4.78, 5) is 26.6. The number of amides is 2. The number of hydrogen-bond acceptors (Lipinski definition) is 5. The van der Waals surface area contributed by atoms with Crippen LogP contribution < -0.4 is 5.32 Å². The minimum absolute atomic E-state index is 0.0151. The summed E-state index contributed by atoms with van der Waals surface area (Å²) in [5, 5.41) is 1.98. The average Bonchev–Trinajstić information content (AvgIpc) is 2.63. The highest BCUT2D eigenvalue weighted by Gasteiger charge is 2.25. The second-order valence-corrected chi connectivity index (χ2v) is 9.83. The predicted molar refractivity (Wildman–Crippen MR) is 108 cm³/mol. The molecule has 0 unspecified atom stereocenters. The van der Waals surface area contributed by atoms with E-state index < -0.39 is 21.0 Å². The zero-order chi connectivity index (χ0) is 20.2. The lowest BCUT2D eigenvalue weighted by Gasteiger charge is -2.13. The first-order chi connectivity index (χ1) is 12.6. The minimum Gasteiger partial charge on any atom is -0.339 e. The van der Waals surface area contributed by atoms with E-state index in [1.54, 1.807) is 64.3 Å². The van der Waals surface area contributed by atoms with Gasteiger partial charge in [0.25, 0.3) is 11.1 Å². The quantitative estimate of drug-likeness (QED) is 0.762. The molecule has 0 saturated heterocycles. The molecule has 2 rings (SSSR count). The molecule has 0 heterocycles. The van der Waals surface area contributed by atoms with Gasteiger partial charge >= 0.3 is 0 Å². The van der Waals surface area contributed by atoms with Gasteiger partial charge in [0.05, 0.1) is 15.7 Å². The van der Waals surface area contributed by atoms with E-state index in [1.165, 1.54) is 17.0 Å². The van der Waals surface area contributed by atoms with Crippen molar-refractivity contribution < 1.29 is 18.0 Å². The molecule has 0 saturated carbocycles. The molecule has 27 heavy (non-hydrogen) atoms. The Morgan fingerprint density at radius 3 is 2.15 bits per heavy atom. The van der Waals surface area contributed by atoms with Crippen molar-refractivity contribution in [2.24, 2.45) is 0 Å². The van der Waals surface area contributed by atoms with Crippen LogP contribution in [0.1, 0.15) is 24.2 Å². The van der Waals surface area contributed by atoms with Crippen LogP contribution in [0, 0.1) is 0 Å². The van der Waals surface area contributed by atoms with Crippen molar-refractivity contribution in [1.29, 1.82) is 0 Å². The smallest absolute Gasteiger partial charge is 0.285 e. The molecule has 2 aromatic rings. The zero-order valence-electron chi connectivity index (χ0n) is 15.6. The van der Waals surface area contributed by atoms with Crippen LogP contribution >= 0.6 is 11.8 Å². The van der Waals surface area contributed by atoms with Gasteiger partial charge in [-0.15, -0.1) is 0 Å². The molecule has 2 aromatic carbocycles. The first-order valence-corrected chi connectivity index (χ1v) is 10.6. The van der Waals surface area contributed by atoms with E-state index in [0.717, 1.165) is 16.7 Å². The fourth-order valence-corrected chi connectivity index (χ4v) is 4.05. The summed E-state index contributed by atoms with van der Waals surface area (Å²) in [7, 11) is -0.233. The van der Waals surface area contributed by atoms with Crippen LogP contribution in [0.25, 0.3) is 0 Å². The topological polar surface area (TPSA) is 83.5 Å². The lowest BCUT2D eigenvalue weighted by Crippen LogP contribution is -2.20. The van der Waals surface area contributed by atoms with Crippen LogP contribution in [0.4, 0.5) is 10.5 Å². The second kappa shape index (κ2) is 8.58. The number of nitrogens with one attached hydrogen (secondary N) is 1. The fourth-order valence-electron chi connectivity index (χ4n) is 2.15. The Bertz CT molecular complexity index is 936. The van der Waals surface area contributed by atoms with E-state index in [0.29, 0.717) is 5.69 Å². The standard InChI is InChI=1S/C19H22N2O4S2/c1-13(2)27(24,25)17-8-6-5-7-16(17)18(22)20-14-9-11-15(12-10-14)26-19(23)21(3)4/h5-13H,1-4H3,(H,20,22). The Balaban J connectivity index is 2.20. The third-order valence-electron chi connectivity index (χ3n) is 3.74. The Hall–Kier alpha value is -2.32. The van der Waals surface area contributed by atoms with E-state index in [-0.39, 0.29) is 15.7 Å². The number of benzene rings is 2. The van der Waals surface area contributed by atoms with Crippen molar-refractivity contribution in [2.75, 3.05) is 19.4 Å². The maximum absolute atomic E-state index is 12.6. The van der Waals surface area contributed by atoms with Crippen LogP contribution in [-0.2, 0) is 9.84 Å². The normalized spacial score (nSPS) is 11.3. The highest BCUT2D eigenvalue weighted by atomic mass is 32.2. The number of hydrogen-bond donors (Lipinski definition) is 1. The van der Waals surface area contributed by atoms with Crippen LogP contribution in [0.2, 0.25) is 0 Å². The minimum atomic E-state index is -3.58. The molecule has 2 amide bonds. The molecule has 0 bridgehead atoms. The van der Waals surface area contributed by atoms with Gasteiger partial charge in [-0.25, -0.2) is 8.42 Å². The van der Waals surface area contributed by atoms with E-state index >= 15 is 0 Å². The molecule has 0 aliphatic carbocycles. The number of sulfone groups is 1. The van der Waals surface area contributed by atoms with Crippen molar-refractivity contribution in [2.45, 2.75) is 28.9 Å². The molecule has 0 aromatic heterocycles. The molecule has 0 fully saturated rings. The zero-order valence-corrected chi connectivity index (χ0v) is 17.2. The molecule has 0 atom stereocenters. The van der Waals surface area contributed by atoms with Crippen LogP contribution in [0.15, 0.2) is 58.3 Å². The SMILES string of the molecule is CC(C)S(=O)(=O)c1ccccc1C(=O)Nc1ccc(SC(=O)N(C)C)cc1. The number of anilines is 1. The lowest BCUT2D eigenvalue weighted by atomic mass is 10.2. The summed E-state index contributed by atoms with van der Waals surface area (Å²) < 4.78 is 25.0. The molecule has 0 aliphatic rings. The highest BCUT2D eigenvalue weighted by molar-refractivity contribution is 8.13. The summed E-state index contributed by atoms with van der Waals surface area (Å²) in [6.07, 6.45) is 0. The van der Waals surface area contributed by atoms with Crippen molar-refractivity contribution in [1.82, 2.24) is 4.90 Å². The summed E-state index contributed by atoms with van der Waals surface area (Å²) in [6, 6.07) is 12.9. The molecule has 0 spiro atoms. The molecular formula is C19H22N2O4S2. The number of rotatable bonds is 5. The first kappa shape index (κ1) is 21.0. The van der Waals surface area contributed by atoms with E-state index in [2.05, 4.69) is 5.32 Å². The maximum Gasteiger partial charge on any atom is 0.285 e. The van der Waals surface area contributed by atoms with Gasteiger partial charge in [0.15, 0.2) is 9.84 Å². The van der Waals surface area contributed by atoms with Crippen LogP contribution in [-0.4, -0.2) is 43.8 Å². The molecule has 8 heteroatoms. The van der Waals surface area contributed by atoms with Gasteiger partial charge in [0.2, 0.25) is 0 Å². The summed E-state index contributed by atoms with van der Waals surface area (Å²) in [5.41, 5.74) is 0.617. The van der Waals surface area contributed by atoms with Gasteiger partial charge in [0.1, 0.15) is 0 Å². The third-order valence-corrected chi connectivity index (χ3v) is 7.00. The summed E-state index contributed by atoms with van der Waals surface area (Å²) in [5.74, 6) is -0.500. The van der Waals surface area contributed by atoms with Gasteiger partial charge in [-0.2, -0.15) is 0 Å². The van der Waals surface area contributed by atoms with Crippen LogP contribution in [0.5, 0.6) is 0 Å². The number of carbonyl (C=O) groups is 2. The van der Waals surface area contributed by atoms with Gasteiger partial charge in [-0.3, -0.25) is 9.59 Å². The summed E-state index contributed by atoms with van der Waals surface area (Å²) in [6.45, 7) is 3.16. The Labute approximate surface area is 163 Å². The molecule has 0 radical (unpaired) electrons. The van der Waals surface area contributed by atoms with Crippen molar-refractivity contribution >= 4 is 38.4 Å². The van der Waals surface area contributed by atoms with Gasteiger partial charge < -0.3 is 10.2 Å². The molecule has 144 valence electrons. The predicted octanol–water partition coefficient (Wildman–Crippen LogP) is 3.89. The van der Waals surface area contributed by atoms with Gasteiger partial charge in [-0.05, 0) is 62.0 Å². The monoisotopic (exact) mass is 406 g/mol. The van der Waals surface area contributed by atoms with Crippen molar-refractivity contribution in [3.05, 3.63) is 54.1 Å². The maximum atomic E-state index is 12.6. The Morgan fingerprint density at radius 2 is 1.59 bits per heavy atom. The Morgan fingerprint density at radius 1 is 1.00 bits per heavy atom. The number of nitrogens with zero attached hydrogens (tertiary/aromatic N) is 1. The second-order valence-electron chi connectivity index (χ2n) is 6.33. The van der Waals surface area contributed by atoms with E-state index in [1.807, 2.05) is 0 Å². The first-order valence-electron chi connectivity index (χ1n) is 8.26. The largest absolute Gasteiger partial charge is 0.339 e. The molecule has 1 N–H and O–H groups in total. The molecule has 0 aliphatic heterocycles.